The normalized spacial score (nSPS) is 13.7. The fraction of sp³-hybridized carbons (Fsp3) is 0.733. The van der Waals surface area contributed by atoms with Gasteiger partial charge in [0.15, 0.2) is 5.92 Å². The molecule has 2 atom stereocenters. The number of carbonyl (C=O) groups excluding carboxylic acids is 3. The summed E-state index contributed by atoms with van der Waals surface area (Å²) in [7, 11) is 2.26. The van der Waals surface area contributed by atoms with Crippen LogP contribution in [-0.4, -0.2) is 38.7 Å². The molecule has 0 aliphatic carbocycles. The lowest BCUT2D eigenvalue weighted by Crippen LogP contribution is -2.45. The Kier molecular flexibility index (Phi) is 7.57. The van der Waals surface area contributed by atoms with E-state index in [1.54, 1.807) is 27.7 Å². The molecule has 0 aliphatic rings. The molecule has 2 unspecified atom stereocenters. The van der Waals surface area contributed by atoms with Crippen molar-refractivity contribution in [2.24, 2.45) is 23.2 Å². The van der Waals surface area contributed by atoms with Gasteiger partial charge in [-0.2, -0.15) is 5.26 Å². The molecule has 0 spiro atoms. The number of hydrogen-bond acceptors (Lipinski definition) is 7. The average molecular weight is 313 g/mol. The van der Waals surface area contributed by atoms with E-state index in [0.29, 0.717) is 0 Å². The Labute approximate surface area is 130 Å². The molecule has 0 heterocycles. The van der Waals surface area contributed by atoms with E-state index in [0.717, 1.165) is 14.2 Å². The van der Waals surface area contributed by atoms with Gasteiger partial charge in [-0.25, -0.2) is 0 Å². The van der Waals surface area contributed by atoms with Gasteiger partial charge in [0.05, 0.1) is 26.9 Å². The Hall–Kier alpha value is -2.10. The summed E-state index contributed by atoms with van der Waals surface area (Å²) in [5.74, 6) is -6.10. The Morgan fingerprint density at radius 2 is 1.50 bits per heavy atom. The van der Waals surface area contributed by atoms with Gasteiger partial charge in [0, 0.05) is 5.92 Å². The van der Waals surface area contributed by atoms with Crippen LogP contribution in [0.3, 0.4) is 0 Å². The minimum Gasteiger partial charge on any atom is -0.468 e. The smallest absolute Gasteiger partial charge is 0.323 e. The van der Waals surface area contributed by atoms with Crippen molar-refractivity contribution < 1.29 is 28.6 Å². The number of nitriles is 1. The lowest BCUT2D eigenvalue weighted by molar-refractivity contribution is -0.167. The quantitative estimate of drug-likeness (QED) is 0.414. The standard InChI is InChI=1S/C15H23NO6/c1-7-22-12(17)9(8-16)11(15(2,3)4)10(13(18)20-5)14(19)21-6/h9-11H,7H2,1-6H3. The van der Waals surface area contributed by atoms with Crippen molar-refractivity contribution in [3.8, 4) is 6.07 Å². The number of hydrogen-bond donors (Lipinski definition) is 0. The monoisotopic (exact) mass is 313 g/mol. The topological polar surface area (TPSA) is 103 Å². The molecule has 0 aromatic carbocycles. The van der Waals surface area contributed by atoms with Gasteiger partial charge in [-0.3, -0.25) is 14.4 Å². The minimum atomic E-state index is -1.39. The van der Waals surface area contributed by atoms with Crippen LogP contribution in [0.4, 0.5) is 0 Å². The summed E-state index contributed by atoms with van der Waals surface area (Å²) in [5.41, 5.74) is -0.722. The molecule has 0 fully saturated rings. The molecule has 0 aliphatic heterocycles. The SMILES string of the molecule is CCOC(=O)C(C#N)C(C(C(=O)OC)C(=O)OC)C(C)(C)C. The third-order valence-electron chi connectivity index (χ3n) is 3.31. The highest BCUT2D eigenvalue weighted by Gasteiger charge is 2.50. The summed E-state index contributed by atoms with van der Waals surface area (Å²) in [6.07, 6.45) is 0. The number of ether oxygens (including phenoxy) is 3. The van der Waals surface area contributed by atoms with Crippen LogP contribution in [0.15, 0.2) is 0 Å². The van der Waals surface area contributed by atoms with Gasteiger partial charge < -0.3 is 14.2 Å². The van der Waals surface area contributed by atoms with E-state index < -0.39 is 41.1 Å². The number of esters is 3. The summed E-state index contributed by atoms with van der Waals surface area (Å²) < 4.78 is 14.2. The van der Waals surface area contributed by atoms with Crippen LogP contribution in [0.2, 0.25) is 0 Å². The lowest BCUT2D eigenvalue weighted by atomic mass is 9.66. The van der Waals surface area contributed by atoms with Gasteiger partial charge >= 0.3 is 17.9 Å². The highest BCUT2D eigenvalue weighted by Crippen LogP contribution is 2.39. The van der Waals surface area contributed by atoms with Crippen LogP contribution < -0.4 is 0 Å². The molecule has 0 aromatic heterocycles. The van der Waals surface area contributed by atoms with Crippen molar-refractivity contribution in [1.82, 2.24) is 0 Å². The van der Waals surface area contributed by atoms with E-state index in [1.165, 1.54) is 0 Å². The van der Waals surface area contributed by atoms with Gasteiger partial charge in [-0.1, -0.05) is 20.8 Å². The fourth-order valence-electron chi connectivity index (χ4n) is 2.35. The molecular formula is C15H23NO6. The molecule has 0 bridgehead atoms. The van der Waals surface area contributed by atoms with E-state index in [-0.39, 0.29) is 6.61 Å². The molecule has 0 aromatic rings. The molecule has 0 radical (unpaired) electrons. The summed E-state index contributed by atoms with van der Waals surface area (Å²) in [5, 5.41) is 9.36. The first kappa shape index (κ1) is 19.9. The van der Waals surface area contributed by atoms with Crippen molar-refractivity contribution in [3.63, 3.8) is 0 Å². The van der Waals surface area contributed by atoms with Gasteiger partial charge in [0.25, 0.3) is 0 Å². The van der Waals surface area contributed by atoms with E-state index in [1.807, 2.05) is 6.07 Å². The number of carbonyl (C=O) groups is 3. The molecule has 0 saturated heterocycles. The maximum Gasteiger partial charge on any atom is 0.323 e. The van der Waals surface area contributed by atoms with E-state index in [2.05, 4.69) is 9.47 Å². The predicted octanol–water partition coefficient (Wildman–Crippen LogP) is 1.31. The van der Waals surface area contributed by atoms with Gasteiger partial charge in [0.2, 0.25) is 0 Å². The Balaban J connectivity index is 5.96. The first-order chi connectivity index (χ1) is 10.1. The molecule has 22 heavy (non-hydrogen) atoms. The zero-order valence-electron chi connectivity index (χ0n) is 13.8. The van der Waals surface area contributed by atoms with E-state index in [9.17, 15) is 19.6 Å². The second-order valence-corrected chi connectivity index (χ2v) is 5.77. The summed E-state index contributed by atoms with van der Waals surface area (Å²) >= 11 is 0. The molecule has 0 saturated carbocycles. The average Bonchev–Trinajstić information content (AvgIpc) is 2.45. The Morgan fingerprint density at radius 1 is 1.05 bits per heavy atom. The molecule has 7 nitrogen and oxygen atoms in total. The Morgan fingerprint density at radius 3 is 1.77 bits per heavy atom. The molecule has 0 N–H and O–H groups in total. The summed E-state index contributed by atoms with van der Waals surface area (Å²) in [6.45, 7) is 6.87. The van der Waals surface area contributed by atoms with Crippen LogP contribution in [0, 0.1) is 34.5 Å². The van der Waals surface area contributed by atoms with Crippen molar-refractivity contribution in [1.29, 1.82) is 5.26 Å². The van der Waals surface area contributed by atoms with Gasteiger partial charge in [-0.05, 0) is 12.3 Å². The van der Waals surface area contributed by atoms with Crippen molar-refractivity contribution in [2.75, 3.05) is 20.8 Å². The third-order valence-corrected chi connectivity index (χ3v) is 3.31. The Bertz CT molecular complexity index is 444. The van der Waals surface area contributed by atoms with Crippen molar-refractivity contribution in [2.45, 2.75) is 27.7 Å². The van der Waals surface area contributed by atoms with Crippen LogP contribution in [0.5, 0.6) is 0 Å². The van der Waals surface area contributed by atoms with Crippen LogP contribution >= 0.6 is 0 Å². The molecule has 0 rings (SSSR count). The molecular weight excluding hydrogens is 290 g/mol. The van der Waals surface area contributed by atoms with E-state index in [4.69, 9.17) is 4.74 Å². The number of nitrogens with zero attached hydrogens (tertiary/aromatic N) is 1. The van der Waals surface area contributed by atoms with Crippen LogP contribution in [0.25, 0.3) is 0 Å². The van der Waals surface area contributed by atoms with Crippen LogP contribution in [-0.2, 0) is 28.6 Å². The van der Waals surface area contributed by atoms with E-state index >= 15 is 0 Å². The van der Waals surface area contributed by atoms with Gasteiger partial charge in [-0.15, -0.1) is 0 Å². The summed E-state index contributed by atoms with van der Waals surface area (Å²) in [4.78, 5) is 36.1. The second-order valence-electron chi connectivity index (χ2n) is 5.77. The fourth-order valence-corrected chi connectivity index (χ4v) is 2.35. The summed E-state index contributed by atoms with van der Waals surface area (Å²) in [6, 6.07) is 1.84. The number of rotatable bonds is 6. The lowest BCUT2D eigenvalue weighted by Gasteiger charge is -2.36. The molecule has 0 amide bonds. The highest BCUT2D eigenvalue weighted by atomic mass is 16.5. The van der Waals surface area contributed by atoms with Crippen molar-refractivity contribution >= 4 is 17.9 Å². The predicted molar refractivity (Wildman–Crippen MR) is 76.2 cm³/mol. The molecule has 7 heteroatoms. The molecule has 124 valence electrons. The highest BCUT2D eigenvalue weighted by molar-refractivity contribution is 5.96. The zero-order valence-corrected chi connectivity index (χ0v) is 13.8. The maximum atomic E-state index is 12.0. The minimum absolute atomic E-state index is 0.0923. The number of methoxy groups -OCH3 is 2. The van der Waals surface area contributed by atoms with Crippen molar-refractivity contribution in [3.05, 3.63) is 0 Å². The first-order valence-corrected chi connectivity index (χ1v) is 6.87. The second kappa shape index (κ2) is 8.37. The van der Waals surface area contributed by atoms with Gasteiger partial charge in [0.1, 0.15) is 5.92 Å². The first-order valence-electron chi connectivity index (χ1n) is 6.87. The van der Waals surface area contributed by atoms with Crippen LogP contribution in [0.1, 0.15) is 27.7 Å². The largest absolute Gasteiger partial charge is 0.468 e. The third kappa shape index (κ3) is 4.72. The maximum absolute atomic E-state index is 12.0. The zero-order chi connectivity index (χ0) is 17.5.